The molecule has 2 rings (SSSR count). The van der Waals surface area contributed by atoms with Crippen LogP contribution in [0.3, 0.4) is 0 Å². The van der Waals surface area contributed by atoms with Crippen LogP contribution in [0.2, 0.25) is 0 Å². The Balaban J connectivity index is 2.29. The number of rotatable bonds is 7. The molecular weight excluding hydrogens is 300 g/mol. The third-order valence-corrected chi connectivity index (χ3v) is 4.19. The van der Waals surface area contributed by atoms with Crippen molar-refractivity contribution in [2.75, 3.05) is 13.7 Å². The Labute approximate surface area is 145 Å². The minimum absolute atomic E-state index is 0.222. The van der Waals surface area contributed by atoms with Crippen LogP contribution < -0.4 is 9.47 Å². The van der Waals surface area contributed by atoms with Gasteiger partial charge >= 0.3 is 0 Å². The van der Waals surface area contributed by atoms with Crippen molar-refractivity contribution in [1.82, 2.24) is 0 Å². The van der Waals surface area contributed by atoms with E-state index >= 15 is 0 Å². The van der Waals surface area contributed by atoms with Crippen molar-refractivity contribution in [3.05, 3.63) is 52.6 Å². The number of aryl methyl sites for hydroxylation is 3. The summed E-state index contributed by atoms with van der Waals surface area (Å²) in [6.45, 7) is 8.65. The summed E-state index contributed by atoms with van der Waals surface area (Å²) in [5.74, 6) is 2.99. The van der Waals surface area contributed by atoms with Crippen molar-refractivity contribution < 1.29 is 14.6 Å². The summed E-state index contributed by atoms with van der Waals surface area (Å²) in [5.41, 5.74) is 4.61. The Morgan fingerprint density at radius 2 is 1.71 bits per heavy atom. The fourth-order valence-corrected chi connectivity index (χ4v) is 2.97. The quantitative estimate of drug-likeness (QED) is 0.763. The normalized spacial score (nSPS) is 11.0. The zero-order chi connectivity index (χ0) is 17.7. The summed E-state index contributed by atoms with van der Waals surface area (Å²) in [4.78, 5) is 0. The van der Waals surface area contributed by atoms with Crippen LogP contribution in [0.25, 0.3) is 0 Å². The van der Waals surface area contributed by atoms with E-state index in [1.54, 1.807) is 7.11 Å². The third-order valence-electron chi connectivity index (χ3n) is 4.19. The summed E-state index contributed by atoms with van der Waals surface area (Å²) in [6, 6.07) is 10.3. The van der Waals surface area contributed by atoms with Gasteiger partial charge in [0.15, 0.2) is 0 Å². The highest BCUT2D eigenvalue weighted by Crippen LogP contribution is 2.35. The fraction of sp³-hybridized carbons (Fsp3) is 0.429. The number of ether oxygens (including phenoxy) is 2. The molecule has 0 radical (unpaired) electrons. The molecule has 2 aromatic carbocycles. The minimum Gasteiger partial charge on any atom is -0.496 e. The van der Waals surface area contributed by atoms with Crippen molar-refractivity contribution in [2.24, 2.45) is 0 Å². The first-order valence-corrected chi connectivity index (χ1v) is 8.53. The number of benzene rings is 2. The molecule has 0 saturated carbocycles. The number of hydrogen-bond acceptors (Lipinski definition) is 3. The second kappa shape index (κ2) is 8.20. The standard InChI is InChI=1S/C21H28O3/c1-14(2)19-13-18(8-9-20(19)23-5)24-21-15(3)11-17(7-6-10-22)12-16(21)4/h8-9,11-14,22H,6-7,10H2,1-5H3. The van der Waals surface area contributed by atoms with Gasteiger partial charge in [0.2, 0.25) is 0 Å². The highest BCUT2D eigenvalue weighted by atomic mass is 16.5. The minimum atomic E-state index is 0.222. The monoisotopic (exact) mass is 328 g/mol. The first-order valence-electron chi connectivity index (χ1n) is 8.53. The summed E-state index contributed by atoms with van der Waals surface area (Å²) in [5, 5.41) is 8.99. The number of hydrogen-bond donors (Lipinski definition) is 1. The molecule has 0 atom stereocenters. The van der Waals surface area contributed by atoms with Gasteiger partial charge in [0, 0.05) is 12.2 Å². The van der Waals surface area contributed by atoms with Gasteiger partial charge in [-0.2, -0.15) is 0 Å². The van der Waals surface area contributed by atoms with Crippen molar-refractivity contribution in [3.8, 4) is 17.2 Å². The molecule has 0 spiro atoms. The average Bonchev–Trinajstić information content (AvgIpc) is 2.56. The van der Waals surface area contributed by atoms with E-state index in [1.807, 2.05) is 12.1 Å². The Morgan fingerprint density at radius 3 is 2.25 bits per heavy atom. The zero-order valence-electron chi connectivity index (χ0n) is 15.3. The van der Waals surface area contributed by atoms with E-state index < -0.39 is 0 Å². The molecule has 24 heavy (non-hydrogen) atoms. The van der Waals surface area contributed by atoms with Gasteiger partial charge in [-0.05, 0) is 67.5 Å². The molecule has 0 aromatic heterocycles. The molecule has 0 unspecified atom stereocenters. The second-order valence-electron chi connectivity index (χ2n) is 6.55. The molecule has 0 amide bonds. The first-order chi connectivity index (χ1) is 11.5. The largest absolute Gasteiger partial charge is 0.496 e. The van der Waals surface area contributed by atoms with E-state index in [0.717, 1.165) is 46.8 Å². The van der Waals surface area contributed by atoms with Crippen molar-refractivity contribution in [3.63, 3.8) is 0 Å². The van der Waals surface area contributed by atoms with Crippen LogP contribution in [-0.4, -0.2) is 18.8 Å². The molecule has 0 saturated heterocycles. The van der Waals surface area contributed by atoms with Gasteiger partial charge in [-0.15, -0.1) is 0 Å². The molecule has 2 aromatic rings. The van der Waals surface area contributed by atoms with E-state index in [0.29, 0.717) is 5.92 Å². The Bertz CT molecular complexity index is 666. The Hall–Kier alpha value is -2.00. The predicted octanol–water partition coefficient (Wildman–Crippen LogP) is 5.15. The molecule has 0 bridgehead atoms. The number of aliphatic hydroxyl groups excluding tert-OH is 1. The maximum absolute atomic E-state index is 8.99. The summed E-state index contributed by atoms with van der Waals surface area (Å²) in [6.07, 6.45) is 1.67. The van der Waals surface area contributed by atoms with Gasteiger partial charge in [-0.1, -0.05) is 26.0 Å². The predicted molar refractivity (Wildman–Crippen MR) is 98.5 cm³/mol. The maximum Gasteiger partial charge on any atom is 0.133 e. The lowest BCUT2D eigenvalue weighted by Gasteiger charge is -2.17. The Morgan fingerprint density at radius 1 is 1.04 bits per heavy atom. The molecular formula is C21H28O3. The topological polar surface area (TPSA) is 38.7 Å². The smallest absolute Gasteiger partial charge is 0.133 e. The third kappa shape index (κ3) is 4.30. The van der Waals surface area contributed by atoms with Crippen LogP contribution >= 0.6 is 0 Å². The van der Waals surface area contributed by atoms with E-state index in [4.69, 9.17) is 14.6 Å². The lowest BCUT2D eigenvalue weighted by molar-refractivity contribution is 0.288. The summed E-state index contributed by atoms with van der Waals surface area (Å²) < 4.78 is 11.6. The van der Waals surface area contributed by atoms with Crippen LogP contribution in [0, 0.1) is 13.8 Å². The van der Waals surface area contributed by atoms with Gasteiger partial charge in [0.25, 0.3) is 0 Å². The molecule has 0 aliphatic rings. The molecule has 0 fully saturated rings. The summed E-state index contributed by atoms with van der Waals surface area (Å²) >= 11 is 0. The van der Waals surface area contributed by atoms with Crippen LogP contribution in [-0.2, 0) is 6.42 Å². The van der Waals surface area contributed by atoms with Gasteiger partial charge < -0.3 is 14.6 Å². The van der Waals surface area contributed by atoms with Gasteiger partial charge in [-0.25, -0.2) is 0 Å². The van der Waals surface area contributed by atoms with Crippen LogP contribution in [0.1, 0.15) is 48.4 Å². The Kier molecular flexibility index (Phi) is 6.27. The molecule has 3 nitrogen and oxygen atoms in total. The average molecular weight is 328 g/mol. The van der Waals surface area contributed by atoms with E-state index in [2.05, 4.69) is 45.9 Å². The number of aliphatic hydroxyl groups is 1. The molecule has 1 N–H and O–H groups in total. The SMILES string of the molecule is COc1ccc(Oc2c(C)cc(CCCO)cc2C)cc1C(C)C. The van der Waals surface area contributed by atoms with Crippen LogP contribution in [0.5, 0.6) is 17.2 Å². The zero-order valence-corrected chi connectivity index (χ0v) is 15.3. The number of methoxy groups -OCH3 is 1. The molecule has 0 aliphatic heterocycles. The maximum atomic E-state index is 8.99. The van der Waals surface area contributed by atoms with Gasteiger partial charge in [0.1, 0.15) is 17.2 Å². The van der Waals surface area contributed by atoms with E-state index in [-0.39, 0.29) is 6.61 Å². The van der Waals surface area contributed by atoms with Crippen LogP contribution in [0.4, 0.5) is 0 Å². The lowest BCUT2D eigenvalue weighted by Crippen LogP contribution is -1.98. The first kappa shape index (κ1) is 18.3. The highest BCUT2D eigenvalue weighted by Gasteiger charge is 2.12. The van der Waals surface area contributed by atoms with E-state index in [1.165, 1.54) is 5.56 Å². The van der Waals surface area contributed by atoms with E-state index in [9.17, 15) is 0 Å². The van der Waals surface area contributed by atoms with Crippen molar-refractivity contribution in [2.45, 2.75) is 46.5 Å². The molecule has 0 heterocycles. The van der Waals surface area contributed by atoms with Gasteiger partial charge in [0.05, 0.1) is 7.11 Å². The highest BCUT2D eigenvalue weighted by molar-refractivity contribution is 5.48. The lowest BCUT2D eigenvalue weighted by atomic mass is 10.0. The fourth-order valence-electron chi connectivity index (χ4n) is 2.97. The van der Waals surface area contributed by atoms with Crippen molar-refractivity contribution >= 4 is 0 Å². The van der Waals surface area contributed by atoms with Crippen LogP contribution in [0.15, 0.2) is 30.3 Å². The molecule has 130 valence electrons. The van der Waals surface area contributed by atoms with Gasteiger partial charge in [-0.3, -0.25) is 0 Å². The van der Waals surface area contributed by atoms with Crippen molar-refractivity contribution in [1.29, 1.82) is 0 Å². The second-order valence-corrected chi connectivity index (χ2v) is 6.55. The molecule has 0 aliphatic carbocycles. The molecule has 3 heteroatoms. The summed E-state index contributed by atoms with van der Waals surface area (Å²) in [7, 11) is 1.70.